The predicted molar refractivity (Wildman–Crippen MR) is 156 cm³/mol. The van der Waals surface area contributed by atoms with Crippen molar-refractivity contribution >= 4 is 39.0 Å². The second-order valence-electron chi connectivity index (χ2n) is 10.0. The average molecular weight is 497 g/mol. The highest BCUT2D eigenvalue weighted by Crippen LogP contribution is 2.42. The Morgan fingerprint density at radius 2 is 1.37 bits per heavy atom. The molecule has 0 saturated carbocycles. The van der Waals surface area contributed by atoms with E-state index >= 15 is 0 Å². The summed E-state index contributed by atoms with van der Waals surface area (Å²) in [6, 6.07) is 33.7. The van der Waals surface area contributed by atoms with Crippen molar-refractivity contribution < 1.29 is 4.74 Å². The van der Waals surface area contributed by atoms with Gasteiger partial charge in [-0.1, -0.05) is 30.3 Å². The molecule has 0 atom stereocenters. The highest BCUT2D eigenvalue weighted by atomic mass is 16.5. The first kappa shape index (κ1) is 22.4. The molecule has 5 heteroatoms. The molecule has 38 heavy (non-hydrogen) atoms. The summed E-state index contributed by atoms with van der Waals surface area (Å²) in [5.74, 6) is 1.59. The maximum atomic E-state index is 6.43. The molecule has 0 spiro atoms. The molecule has 0 amide bonds. The summed E-state index contributed by atoms with van der Waals surface area (Å²) in [7, 11) is 2.14. The summed E-state index contributed by atoms with van der Waals surface area (Å²) >= 11 is 0. The van der Waals surface area contributed by atoms with Crippen LogP contribution in [0.2, 0.25) is 0 Å². The molecule has 0 bridgehead atoms. The van der Waals surface area contributed by atoms with Crippen molar-refractivity contribution in [2.75, 3.05) is 23.5 Å². The summed E-state index contributed by atoms with van der Waals surface area (Å²) in [4.78, 5) is 9.35. The quantitative estimate of drug-likeness (QED) is 0.247. The second kappa shape index (κ2) is 8.67. The zero-order valence-corrected chi connectivity index (χ0v) is 21.7. The van der Waals surface area contributed by atoms with Crippen molar-refractivity contribution in [2.24, 2.45) is 0 Å². The van der Waals surface area contributed by atoms with Gasteiger partial charge in [0, 0.05) is 41.8 Å². The summed E-state index contributed by atoms with van der Waals surface area (Å²) < 4.78 is 8.63. The molecule has 1 aliphatic heterocycles. The van der Waals surface area contributed by atoms with Gasteiger partial charge in [0.1, 0.15) is 17.1 Å². The van der Waals surface area contributed by atoms with Crippen LogP contribution < -0.4 is 14.5 Å². The van der Waals surface area contributed by atoms with Crippen molar-refractivity contribution in [3.8, 4) is 17.2 Å². The first-order valence-corrected chi connectivity index (χ1v) is 12.9. The lowest BCUT2D eigenvalue weighted by Crippen LogP contribution is -2.23. The van der Waals surface area contributed by atoms with Gasteiger partial charge in [-0.25, -0.2) is 4.98 Å². The Balaban J connectivity index is 1.24. The highest BCUT2D eigenvalue weighted by molar-refractivity contribution is 6.07. The predicted octanol–water partition coefficient (Wildman–Crippen LogP) is 8.13. The number of aromatic nitrogens is 2. The fourth-order valence-electron chi connectivity index (χ4n) is 5.49. The Morgan fingerprint density at radius 1 is 0.684 bits per heavy atom. The summed E-state index contributed by atoms with van der Waals surface area (Å²) in [6.45, 7) is 5.15. The number of para-hydroxylation sites is 1. The van der Waals surface area contributed by atoms with E-state index in [0.29, 0.717) is 0 Å². The number of pyridine rings is 1. The van der Waals surface area contributed by atoms with E-state index in [2.05, 4.69) is 108 Å². The molecule has 2 aromatic heterocycles. The Hall–Kier alpha value is -4.77. The largest absolute Gasteiger partial charge is 0.457 e. The number of fused-ring (bicyclic) bond motifs is 4. The van der Waals surface area contributed by atoms with Crippen LogP contribution >= 0.6 is 0 Å². The van der Waals surface area contributed by atoms with Crippen LogP contribution in [0.3, 0.4) is 0 Å². The van der Waals surface area contributed by atoms with E-state index < -0.39 is 0 Å². The molecule has 0 aliphatic carbocycles. The minimum Gasteiger partial charge on any atom is -0.457 e. The third-order valence-corrected chi connectivity index (χ3v) is 7.52. The van der Waals surface area contributed by atoms with Crippen LogP contribution in [0.1, 0.15) is 11.1 Å². The van der Waals surface area contributed by atoms with E-state index in [-0.39, 0.29) is 0 Å². The molecule has 0 radical (unpaired) electrons. The van der Waals surface area contributed by atoms with Crippen LogP contribution in [0.15, 0.2) is 103 Å². The molecule has 186 valence electrons. The zero-order valence-electron chi connectivity index (χ0n) is 21.7. The maximum absolute atomic E-state index is 6.43. The third-order valence-electron chi connectivity index (χ3n) is 7.52. The topological polar surface area (TPSA) is 33.5 Å². The third kappa shape index (κ3) is 3.58. The second-order valence-corrected chi connectivity index (χ2v) is 10.0. The zero-order chi connectivity index (χ0) is 25.8. The fourth-order valence-corrected chi connectivity index (χ4v) is 5.49. The molecule has 0 unspecified atom stereocenters. The number of hydrogen-bond acceptors (Lipinski definition) is 4. The molecule has 3 heterocycles. The molecule has 0 saturated heterocycles. The van der Waals surface area contributed by atoms with Crippen molar-refractivity contribution in [1.29, 1.82) is 0 Å². The van der Waals surface area contributed by atoms with Gasteiger partial charge in [-0.15, -0.1) is 0 Å². The van der Waals surface area contributed by atoms with Gasteiger partial charge >= 0.3 is 0 Å². The SMILES string of the molecule is Cc1cc2c(cc1C)N(c1cccc(Oc3cccc(-n4c5ccccc5c5cccnc54)c3)c1)CN2C. The smallest absolute Gasteiger partial charge is 0.145 e. The number of hydrogen-bond donors (Lipinski definition) is 0. The minimum atomic E-state index is 0.784. The lowest BCUT2D eigenvalue weighted by atomic mass is 10.1. The van der Waals surface area contributed by atoms with E-state index in [4.69, 9.17) is 9.72 Å². The van der Waals surface area contributed by atoms with Crippen LogP contribution in [0, 0.1) is 13.8 Å². The summed E-state index contributed by atoms with van der Waals surface area (Å²) in [5.41, 5.74) is 9.29. The van der Waals surface area contributed by atoms with Crippen LogP contribution in [-0.4, -0.2) is 23.3 Å². The molecular weight excluding hydrogens is 468 g/mol. The normalized spacial score (nSPS) is 12.9. The van der Waals surface area contributed by atoms with Gasteiger partial charge in [-0.2, -0.15) is 0 Å². The van der Waals surface area contributed by atoms with Gasteiger partial charge in [-0.05, 0) is 79.6 Å². The molecular formula is C33H28N4O. The number of aryl methyl sites for hydroxylation is 2. The van der Waals surface area contributed by atoms with E-state index in [9.17, 15) is 0 Å². The maximum Gasteiger partial charge on any atom is 0.145 e. The Bertz CT molecular complexity index is 1780. The van der Waals surface area contributed by atoms with Gasteiger partial charge in [0.25, 0.3) is 0 Å². The fraction of sp³-hybridized carbons (Fsp3) is 0.121. The van der Waals surface area contributed by atoms with Gasteiger partial charge < -0.3 is 14.5 Å². The molecule has 6 aromatic rings. The lowest BCUT2D eigenvalue weighted by Gasteiger charge is -2.20. The van der Waals surface area contributed by atoms with Crippen molar-refractivity contribution in [3.63, 3.8) is 0 Å². The summed E-state index contributed by atoms with van der Waals surface area (Å²) in [5, 5.41) is 2.33. The minimum absolute atomic E-state index is 0.784. The highest BCUT2D eigenvalue weighted by Gasteiger charge is 2.25. The first-order valence-electron chi connectivity index (χ1n) is 12.9. The summed E-state index contributed by atoms with van der Waals surface area (Å²) in [6.07, 6.45) is 1.85. The Labute approximate surface area is 222 Å². The van der Waals surface area contributed by atoms with Crippen LogP contribution in [0.5, 0.6) is 11.5 Å². The molecule has 0 N–H and O–H groups in total. The number of benzene rings is 4. The Morgan fingerprint density at radius 3 is 2.18 bits per heavy atom. The van der Waals surface area contributed by atoms with Gasteiger partial charge in [-0.3, -0.25) is 4.57 Å². The van der Waals surface area contributed by atoms with E-state index in [0.717, 1.165) is 46.1 Å². The van der Waals surface area contributed by atoms with Crippen molar-refractivity contribution in [1.82, 2.24) is 9.55 Å². The van der Waals surface area contributed by atoms with Gasteiger partial charge in [0.15, 0.2) is 0 Å². The standard InChI is InChI=1S/C33H28N4O/c1-22-17-31-32(18-23(22)2)36(21-35(31)3)24-9-6-11-26(19-24)38-27-12-7-10-25(20-27)37-30-15-5-4-13-28(30)29-14-8-16-34-33(29)37/h4-20H,21H2,1-3H3. The van der Waals surface area contributed by atoms with Crippen LogP contribution in [-0.2, 0) is 0 Å². The monoisotopic (exact) mass is 496 g/mol. The number of rotatable bonds is 4. The molecule has 1 aliphatic rings. The van der Waals surface area contributed by atoms with E-state index in [1.807, 2.05) is 30.5 Å². The lowest BCUT2D eigenvalue weighted by molar-refractivity contribution is 0.482. The number of anilines is 3. The van der Waals surface area contributed by atoms with Crippen LogP contribution in [0.25, 0.3) is 27.6 Å². The Kier molecular flexibility index (Phi) is 5.11. The van der Waals surface area contributed by atoms with E-state index in [1.54, 1.807) is 0 Å². The molecule has 7 rings (SSSR count). The van der Waals surface area contributed by atoms with Gasteiger partial charge in [0.2, 0.25) is 0 Å². The average Bonchev–Trinajstić information content (AvgIpc) is 3.44. The van der Waals surface area contributed by atoms with Crippen LogP contribution in [0.4, 0.5) is 17.1 Å². The van der Waals surface area contributed by atoms with E-state index in [1.165, 1.54) is 27.9 Å². The number of ether oxygens (including phenoxy) is 1. The molecule has 5 nitrogen and oxygen atoms in total. The van der Waals surface area contributed by atoms with Crippen molar-refractivity contribution in [3.05, 3.63) is 114 Å². The van der Waals surface area contributed by atoms with Crippen molar-refractivity contribution in [2.45, 2.75) is 13.8 Å². The first-order chi connectivity index (χ1) is 18.6. The molecule has 0 fully saturated rings. The van der Waals surface area contributed by atoms with Gasteiger partial charge in [0.05, 0.1) is 29.2 Å². The number of nitrogens with zero attached hydrogens (tertiary/aromatic N) is 4. The molecule has 4 aromatic carbocycles.